The van der Waals surface area contributed by atoms with Crippen LogP contribution in [0.15, 0.2) is 18.5 Å². The molecule has 21 heavy (non-hydrogen) atoms. The molecule has 0 spiro atoms. The molecule has 0 radical (unpaired) electrons. The minimum Gasteiger partial charge on any atom is -0.311 e. The quantitative estimate of drug-likeness (QED) is 0.904. The fourth-order valence-corrected chi connectivity index (χ4v) is 3.61. The van der Waals surface area contributed by atoms with E-state index < -0.39 is 0 Å². The zero-order valence-corrected chi connectivity index (χ0v) is 13.8. The third-order valence-electron chi connectivity index (χ3n) is 5.21. The van der Waals surface area contributed by atoms with Gasteiger partial charge in [-0.3, -0.25) is 9.88 Å². The summed E-state index contributed by atoms with van der Waals surface area (Å²) in [6, 6.07) is 3.34. The Morgan fingerprint density at radius 1 is 1.48 bits per heavy atom. The first-order chi connectivity index (χ1) is 10.2. The number of aromatic nitrogens is 1. The van der Waals surface area contributed by atoms with Crippen molar-refractivity contribution in [3.8, 4) is 0 Å². The van der Waals surface area contributed by atoms with Crippen LogP contribution in [0.25, 0.3) is 0 Å². The molecule has 1 aromatic rings. The van der Waals surface area contributed by atoms with E-state index in [2.05, 4.69) is 35.1 Å². The van der Waals surface area contributed by atoms with Gasteiger partial charge < -0.3 is 5.32 Å². The highest BCUT2D eigenvalue weighted by molar-refractivity contribution is 6.31. The molecular weight excluding hydrogens is 282 g/mol. The molecule has 1 aromatic heterocycles. The highest BCUT2D eigenvalue weighted by Gasteiger charge is 2.38. The largest absolute Gasteiger partial charge is 0.311 e. The predicted molar refractivity (Wildman–Crippen MR) is 87.4 cm³/mol. The molecule has 2 fully saturated rings. The molecule has 1 aliphatic carbocycles. The summed E-state index contributed by atoms with van der Waals surface area (Å²) < 4.78 is 0. The molecule has 1 aliphatic heterocycles. The van der Waals surface area contributed by atoms with Gasteiger partial charge in [0.25, 0.3) is 0 Å². The second-order valence-corrected chi connectivity index (χ2v) is 7.11. The van der Waals surface area contributed by atoms with Crippen molar-refractivity contribution in [1.82, 2.24) is 15.2 Å². The van der Waals surface area contributed by atoms with Crippen molar-refractivity contribution < 1.29 is 0 Å². The lowest BCUT2D eigenvalue weighted by Crippen LogP contribution is -2.58. The van der Waals surface area contributed by atoms with Crippen molar-refractivity contribution in [3.05, 3.63) is 29.0 Å². The standard InChI is InChI=1S/C17H26ClN3/c1-3-12(2)17-9-20-16(13-4-5-13)11-21(17)10-14-6-7-19-8-15(14)18/h6-8,12-13,16-17,20H,3-5,9-11H2,1-2H3. The van der Waals surface area contributed by atoms with Crippen molar-refractivity contribution in [3.63, 3.8) is 0 Å². The molecule has 1 N–H and O–H groups in total. The van der Waals surface area contributed by atoms with Crippen LogP contribution in [0.4, 0.5) is 0 Å². The molecule has 0 amide bonds. The molecule has 3 rings (SSSR count). The van der Waals surface area contributed by atoms with E-state index in [0.717, 1.165) is 30.6 Å². The number of pyridine rings is 1. The van der Waals surface area contributed by atoms with E-state index in [9.17, 15) is 0 Å². The molecule has 2 aliphatic rings. The number of halogens is 1. The first kappa shape index (κ1) is 15.3. The van der Waals surface area contributed by atoms with Crippen molar-refractivity contribution in [2.75, 3.05) is 13.1 Å². The van der Waals surface area contributed by atoms with Gasteiger partial charge in [0.1, 0.15) is 0 Å². The average Bonchev–Trinajstić information content (AvgIpc) is 3.33. The molecule has 0 bridgehead atoms. The Kier molecular flexibility index (Phi) is 4.82. The van der Waals surface area contributed by atoms with E-state index >= 15 is 0 Å². The molecule has 0 aromatic carbocycles. The number of rotatable bonds is 5. The molecule has 2 heterocycles. The molecule has 4 heteroatoms. The van der Waals surface area contributed by atoms with Crippen LogP contribution in [0, 0.1) is 11.8 Å². The average molecular weight is 308 g/mol. The van der Waals surface area contributed by atoms with Crippen molar-refractivity contribution in [1.29, 1.82) is 0 Å². The van der Waals surface area contributed by atoms with E-state index in [-0.39, 0.29) is 0 Å². The van der Waals surface area contributed by atoms with Crippen molar-refractivity contribution in [2.45, 2.75) is 51.7 Å². The lowest BCUT2D eigenvalue weighted by molar-refractivity contribution is 0.0787. The zero-order valence-electron chi connectivity index (χ0n) is 13.1. The summed E-state index contributed by atoms with van der Waals surface area (Å²) in [4.78, 5) is 6.75. The van der Waals surface area contributed by atoms with Gasteiger partial charge in [-0.05, 0) is 36.3 Å². The van der Waals surface area contributed by atoms with Crippen LogP contribution in [0.1, 0.15) is 38.7 Å². The van der Waals surface area contributed by atoms with Gasteiger partial charge in [0.2, 0.25) is 0 Å². The Balaban J connectivity index is 1.74. The minimum absolute atomic E-state index is 0.606. The molecule has 3 unspecified atom stereocenters. The maximum atomic E-state index is 6.31. The van der Waals surface area contributed by atoms with Gasteiger partial charge in [0, 0.05) is 44.1 Å². The van der Waals surface area contributed by atoms with E-state index in [1.165, 1.54) is 24.8 Å². The number of piperazine rings is 1. The van der Waals surface area contributed by atoms with Crippen LogP contribution in [0.5, 0.6) is 0 Å². The first-order valence-electron chi connectivity index (χ1n) is 8.24. The highest BCUT2D eigenvalue weighted by atomic mass is 35.5. The summed E-state index contributed by atoms with van der Waals surface area (Å²) in [6.07, 6.45) is 7.63. The van der Waals surface area contributed by atoms with Crippen LogP contribution < -0.4 is 5.32 Å². The molecular formula is C17H26ClN3. The Labute approximate surface area is 133 Å². The van der Waals surface area contributed by atoms with Crippen LogP contribution >= 0.6 is 11.6 Å². The van der Waals surface area contributed by atoms with Gasteiger partial charge in [-0.25, -0.2) is 0 Å². The highest BCUT2D eigenvalue weighted by Crippen LogP contribution is 2.35. The monoisotopic (exact) mass is 307 g/mol. The summed E-state index contributed by atoms with van der Waals surface area (Å²) in [6.45, 7) is 7.86. The first-order valence-corrected chi connectivity index (χ1v) is 8.62. The lowest BCUT2D eigenvalue weighted by Gasteiger charge is -2.43. The van der Waals surface area contributed by atoms with Gasteiger partial charge in [-0.15, -0.1) is 0 Å². The molecule has 3 atom stereocenters. The van der Waals surface area contributed by atoms with E-state index in [0.29, 0.717) is 18.0 Å². The predicted octanol–water partition coefficient (Wildman–Crippen LogP) is 3.33. The summed E-state index contributed by atoms with van der Waals surface area (Å²) >= 11 is 6.31. The molecule has 1 saturated heterocycles. The van der Waals surface area contributed by atoms with Gasteiger partial charge in [-0.1, -0.05) is 31.9 Å². The molecule has 1 saturated carbocycles. The van der Waals surface area contributed by atoms with Crippen LogP contribution in [0.2, 0.25) is 5.02 Å². The van der Waals surface area contributed by atoms with Crippen LogP contribution in [0.3, 0.4) is 0 Å². The lowest BCUT2D eigenvalue weighted by atomic mass is 9.93. The normalized spacial score (nSPS) is 28.5. The van der Waals surface area contributed by atoms with Crippen LogP contribution in [-0.2, 0) is 6.54 Å². The van der Waals surface area contributed by atoms with Gasteiger partial charge in [0.05, 0.1) is 5.02 Å². The number of hydrogen-bond acceptors (Lipinski definition) is 3. The number of hydrogen-bond donors (Lipinski definition) is 1. The van der Waals surface area contributed by atoms with E-state index in [1.54, 1.807) is 6.20 Å². The summed E-state index contributed by atoms with van der Waals surface area (Å²) in [5, 5.41) is 4.58. The minimum atomic E-state index is 0.606. The second-order valence-electron chi connectivity index (χ2n) is 6.70. The Morgan fingerprint density at radius 3 is 2.95 bits per heavy atom. The van der Waals surface area contributed by atoms with Gasteiger partial charge in [0.15, 0.2) is 0 Å². The third-order valence-corrected chi connectivity index (χ3v) is 5.55. The van der Waals surface area contributed by atoms with E-state index in [1.807, 2.05) is 6.20 Å². The molecule has 116 valence electrons. The Bertz CT molecular complexity index is 475. The number of nitrogens with zero attached hydrogens (tertiary/aromatic N) is 2. The summed E-state index contributed by atoms with van der Waals surface area (Å²) in [5.41, 5.74) is 1.21. The van der Waals surface area contributed by atoms with Gasteiger partial charge in [-0.2, -0.15) is 0 Å². The SMILES string of the molecule is CCC(C)C1CNC(C2CC2)CN1Cc1ccncc1Cl. The summed E-state index contributed by atoms with van der Waals surface area (Å²) in [7, 11) is 0. The smallest absolute Gasteiger partial charge is 0.0634 e. The topological polar surface area (TPSA) is 28.2 Å². The van der Waals surface area contributed by atoms with Crippen molar-refractivity contribution >= 4 is 11.6 Å². The van der Waals surface area contributed by atoms with Crippen molar-refractivity contribution in [2.24, 2.45) is 11.8 Å². The second kappa shape index (κ2) is 6.64. The van der Waals surface area contributed by atoms with Crippen LogP contribution in [-0.4, -0.2) is 35.1 Å². The van der Waals surface area contributed by atoms with Gasteiger partial charge >= 0.3 is 0 Å². The maximum absolute atomic E-state index is 6.31. The third kappa shape index (κ3) is 3.58. The Morgan fingerprint density at radius 2 is 2.29 bits per heavy atom. The maximum Gasteiger partial charge on any atom is 0.0634 e. The van der Waals surface area contributed by atoms with E-state index in [4.69, 9.17) is 11.6 Å². The summed E-state index contributed by atoms with van der Waals surface area (Å²) in [5.74, 6) is 1.61. The fourth-order valence-electron chi connectivity index (χ4n) is 3.43. The zero-order chi connectivity index (χ0) is 14.8. The molecule has 3 nitrogen and oxygen atoms in total. The fraction of sp³-hybridized carbons (Fsp3) is 0.706. The number of nitrogens with one attached hydrogen (secondary N) is 1. The Hall–Kier alpha value is -0.640.